The van der Waals surface area contributed by atoms with E-state index in [1.165, 1.54) is 23.0 Å². The fraction of sp³-hybridized carbons (Fsp3) is 0.0857. The first-order chi connectivity index (χ1) is 20.6. The molecule has 0 radical (unpaired) electrons. The maximum atomic E-state index is 14.3. The van der Waals surface area contributed by atoms with E-state index in [0.29, 0.717) is 14.9 Å². The molecule has 7 heteroatoms. The van der Waals surface area contributed by atoms with E-state index >= 15 is 0 Å². The molecule has 1 atom stereocenters. The molecule has 0 saturated heterocycles. The molecule has 5 aromatic carbocycles. The Hall–Kier alpha value is -5.14. The van der Waals surface area contributed by atoms with Crippen molar-refractivity contribution in [3.8, 4) is 0 Å². The highest BCUT2D eigenvalue weighted by Crippen LogP contribution is 2.41. The van der Waals surface area contributed by atoms with Gasteiger partial charge in [-0.05, 0) is 68.8 Å². The molecule has 1 aromatic heterocycles. The van der Waals surface area contributed by atoms with Gasteiger partial charge in [-0.25, -0.2) is 4.99 Å². The third-order valence-electron chi connectivity index (χ3n) is 8.36. The van der Waals surface area contributed by atoms with Crippen LogP contribution >= 0.6 is 11.3 Å². The summed E-state index contributed by atoms with van der Waals surface area (Å²) in [5, 5.41) is 16.1. The minimum Gasteiger partial charge on any atom is -0.272 e. The van der Waals surface area contributed by atoms with Gasteiger partial charge in [-0.3, -0.25) is 19.5 Å². The highest BCUT2D eigenvalue weighted by Gasteiger charge is 2.33. The minimum atomic E-state index is -0.476. The van der Waals surface area contributed by atoms with Gasteiger partial charge in [-0.2, -0.15) is 0 Å². The molecule has 0 unspecified atom stereocenters. The zero-order valence-electron chi connectivity index (χ0n) is 22.4. The van der Waals surface area contributed by atoms with Gasteiger partial charge in [-0.15, -0.1) is 0 Å². The number of thiazole rings is 1. The topological polar surface area (TPSA) is 77.5 Å². The summed E-state index contributed by atoms with van der Waals surface area (Å²) < 4.78 is 2.33. The summed E-state index contributed by atoms with van der Waals surface area (Å²) in [4.78, 5) is 31.4. The number of rotatable bonds is 3. The molecule has 1 aliphatic carbocycles. The molecule has 2 heterocycles. The second-order valence-corrected chi connectivity index (χ2v) is 11.7. The third-order valence-corrected chi connectivity index (χ3v) is 9.34. The van der Waals surface area contributed by atoms with Gasteiger partial charge in [0.1, 0.15) is 0 Å². The molecular formula is C35H23N3O3S. The van der Waals surface area contributed by atoms with Crippen molar-refractivity contribution in [3.05, 3.63) is 161 Å². The Bertz CT molecular complexity index is 2280. The maximum absolute atomic E-state index is 14.3. The number of aryl methyl sites for hydroxylation is 1. The highest BCUT2D eigenvalue weighted by molar-refractivity contribution is 7.07. The number of nitro benzene ring substituents is 1. The van der Waals surface area contributed by atoms with Crippen molar-refractivity contribution in [2.75, 3.05) is 0 Å². The number of hydrogen-bond donors (Lipinski definition) is 0. The Labute approximate surface area is 244 Å². The molecule has 0 saturated carbocycles. The molecule has 0 bridgehead atoms. The molecule has 8 rings (SSSR count). The van der Waals surface area contributed by atoms with Crippen molar-refractivity contribution in [3.63, 3.8) is 0 Å². The average molecular weight is 566 g/mol. The molecular weight excluding hydrogens is 542 g/mol. The van der Waals surface area contributed by atoms with E-state index in [1.807, 2.05) is 48.5 Å². The molecule has 0 spiro atoms. The van der Waals surface area contributed by atoms with Gasteiger partial charge < -0.3 is 0 Å². The second-order valence-electron chi connectivity index (χ2n) is 10.7. The fourth-order valence-electron chi connectivity index (χ4n) is 6.47. The van der Waals surface area contributed by atoms with Crippen LogP contribution in [0, 0.1) is 10.1 Å². The maximum Gasteiger partial charge on any atom is 0.271 e. The number of nitrogens with zero attached hydrogens (tertiary/aromatic N) is 3. The minimum absolute atomic E-state index is 0.00668. The smallest absolute Gasteiger partial charge is 0.271 e. The van der Waals surface area contributed by atoms with Crippen LogP contribution in [-0.4, -0.2) is 9.49 Å². The Morgan fingerprint density at radius 3 is 2.33 bits per heavy atom. The van der Waals surface area contributed by atoms with Crippen LogP contribution < -0.4 is 14.9 Å². The quantitative estimate of drug-likeness (QED) is 0.139. The van der Waals surface area contributed by atoms with Crippen molar-refractivity contribution >= 4 is 50.3 Å². The predicted molar refractivity (Wildman–Crippen MR) is 167 cm³/mol. The van der Waals surface area contributed by atoms with E-state index in [0.717, 1.165) is 56.8 Å². The molecule has 202 valence electrons. The monoisotopic (exact) mass is 565 g/mol. The van der Waals surface area contributed by atoms with E-state index in [-0.39, 0.29) is 16.2 Å². The summed E-state index contributed by atoms with van der Waals surface area (Å²) in [6.07, 6.45) is 3.54. The molecule has 6 aromatic rings. The summed E-state index contributed by atoms with van der Waals surface area (Å²) in [5.41, 5.74) is 5.75. The van der Waals surface area contributed by atoms with Gasteiger partial charge in [-0.1, -0.05) is 96.3 Å². The summed E-state index contributed by atoms with van der Waals surface area (Å²) in [6.45, 7) is 0. The van der Waals surface area contributed by atoms with Gasteiger partial charge in [0.05, 0.1) is 21.2 Å². The summed E-state index contributed by atoms with van der Waals surface area (Å²) in [6, 6.07) is 33.1. The van der Waals surface area contributed by atoms with Crippen LogP contribution in [0.1, 0.15) is 34.7 Å². The van der Waals surface area contributed by atoms with Gasteiger partial charge in [0.15, 0.2) is 4.80 Å². The first kappa shape index (κ1) is 24.6. The summed E-state index contributed by atoms with van der Waals surface area (Å²) in [7, 11) is 0. The first-order valence-electron chi connectivity index (χ1n) is 13.8. The van der Waals surface area contributed by atoms with Crippen LogP contribution in [0.2, 0.25) is 0 Å². The molecule has 0 fully saturated rings. The largest absolute Gasteiger partial charge is 0.272 e. The SMILES string of the molecule is O=c1/c(=C/c2c3ccccc3cc3ccccc23)sc2n1[C@@H](c1cccc([N+](=O)[O-])c1)C1=C(N=2)c2ccccc2CC1. The zero-order chi connectivity index (χ0) is 28.4. The normalized spacial score (nSPS) is 16.2. The Kier molecular flexibility index (Phi) is 5.55. The molecule has 1 aliphatic heterocycles. The van der Waals surface area contributed by atoms with Crippen molar-refractivity contribution in [1.82, 2.24) is 4.57 Å². The van der Waals surface area contributed by atoms with Crippen molar-refractivity contribution in [2.45, 2.75) is 18.9 Å². The van der Waals surface area contributed by atoms with Crippen LogP contribution in [0.15, 0.2) is 118 Å². The number of fused-ring (bicyclic) bond motifs is 5. The fourth-order valence-corrected chi connectivity index (χ4v) is 7.45. The van der Waals surface area contributed by atoms with Gasteiger partial charge >= 0.3 is 0 Å². The zero-order valence-corrected chi connectivity index (χ0v) is 23.2. The Morgan fingerprint density at radius 1 is 0.857 bits per heavy atom. The van der Waals surface area contributed by atoms with Crippen molar-refractivity contribution in [2.24, 2.45) is 4.99 Å². The van der Waals surface area contributed by atoms with Gasteiger partial charge in [0.2, 0.25) is 0 Å². The molecule has 6 nitrogen and oxygen atoms in total. The lowest BCUT2D eigenvalue weighted by Gasteiger charge is -2.30. The number of hydrogen-bond acceptors (Lipinski definition) is 5. The van der Waals surface area contributed by atoms with Crippen LogP contribution in [0.25, 0.3) is 33.3 Å². The van der Waals surface area contributed by atoms with Gasteiger partial charge in [0, 0.05) is 17.7 Å². The van der Waals surface area contributed by atoms with Crippen LogP contribution in [0.4, 0.5) is 5.69 Å². The standard InChI is InChI=1S/C35H23N3O3S/c39-34-31(20-30-26-13-4-2-9-22(26)18-23-10-3-5-14-27(23)30)42-35-36-32-28-15-6-1-8-21(28)16-17-29(32)33(37(34)35)24-11-7-12-25(19-24)38(40)41/h1-15,18-20,33H,16-17H2/b31-20-/t33-/m0/s1. The summed E-state index contributed by atoms with van der Waals surface area (Å²) in [5.74, 6) is 0. The number of benzene rings is 5. The van der Waals surface area contributed by atoms with Gasteiger partial charge in [0.25, 0.3) is 11.2 Å². The van der Waals surface area contributed by atoms with E-state index in [1.54, 1.807) is 16.7 Å². The number of allylic oxidation sites excluding steroid dienone is 1. The number of non-ortho nitro benzene ring substituents is 1. The van der Waals surface area contributed by atoms with E-state index in [4.69, 9.17) is 4.99 Å². The Morgan fingerprint density at radius 2 is 1.57 bits per heavy atom. The molecule has 42 heavy (non-hydrogen) atoms. The lowest BCUT2D eigenvalue weighted by Crippen LogP contribution is -2.38. The predicted octanol–water partition coefficient (Wildman–Crippen LogP) is 6.53. The Balaban J connectivity index is 1.43. The lowest BCUT2D eigenvalue weighted by molar-refractivity contribution is -0.384. The molecule has 2 aliphatic rings. The van der Waals surface area contributed by atoms with E-state index in [9.17, 15) is 14.9 Å². The molecule has 0 N–H and O–H groups in total. The van der Waals surface area contributed by atoms with Crippen molar-refractivity contribution in [1.29, 1.82) is 0 Å². The van der Waals surface area contributed by atoms with Crippen LogP contribution in [0.3, 0.4) is 0 Å². The lowest BCUT2D eigenvalue weighted by atomic mass is 9.83. The van der Waals surface area contributed by atoms with Crippen LogP contribution in [0.5, 0.6) is 0 Å². The average Bonchev–Trinajstić information content (AvgIpc) is 3.33. The first-order valence-corrected chi connectivity index (χ1v) is 14.7. The molecule has 0 amide bonds. The van der Waals surface area contributed by atoms with Crippen LogP contribution in [-0.2, 0) is 6.42 Å². The summed E-state index contributed by atoms with van der Waals surface area (Å²) >= 11 is 1.37. The van der Waals surface area contributed by atoms with Crippen molar-refractivity contribution < 1.29 is 4.92 Å². The number of nitro groups is 1. The van der Waals surface area contributed by atoms with E-state index < -0.39 is 6.04 Å². The second kappa shape index (κ2) is 9.46. The highest BCUT2D eigenvalue weighted by atomic mass is 32.1. The third kappa shape index (κ3) is 3.78. The van der Waals surface area contributed by atoms with E-state index in [2.05, 4.69) is 42.5 Å². The number of aromatic nitrogens is 1.